The third kappa shape index (κ3) is 2.67. The van der Waals surface area contributed by atoms with E-state index in [1.165, 1.54) is 0 Å². The Morgan fingerprint density at radius 1 is 1.50 bits per heavy atom. The standard InChI is InChI=1S/C11H11BrN4O2/c1-6-7(3-2-4-8(6)12)10(17)13-5-9-14-11(18)16-15-9/h2-4H,5H2,1H3,(H,13,17)(H2,14,15,16,18). The van der Waals surface area contributed by atoms with Crippen LogP contribution in [0.25, 0.3) is 0 Å². The summed E-state index contributed by atoms with van der Waals surface area (Å²) in [6.07, 6.45) is 0. The van der Waals surface area contributed by atoms with Gasteiger partial charge in [-0.05, 0) is 24.6 Å². The predicted molar refractivity (Wildman–Crippen MR) is 69.3 cm³/mol. The van der Waals surface area contributed by atoms with Gasteiger partial charge in [0.2, 0.25) is 0 Å². The van der Waals surface area contributed by atoms with Gasteiger partial charge in [-0.3, -0.25) is 9.78 Å². The summed E-state index contributed by atoms with van der Waals surface area (Å²) < 4.78 is 0.878. The highest BCUT2D eigenvalue weighted by molar-refractivity contribution is 9.10. The number of hydrogen-bond donors (Lipinski definition) is 3. The first-order valence-electron chi connectivity index (χ1n) is 5.25. The zero-order valence-electron chi connectivity index (χ0n) is 9.58. The van der Waals surface area contributed by atoms with Crippen LogP contribution in [0.2, 0.25) is 0 Å². The number of halogens is 1. The fourth-order valence-corrected chi connectivity index (χ4v) is 1.87. The number of rotatable bonds is 3. The molecule has 0 fully saturated rings. The van der Waals surface area contributed by atoms with Gasteiger partial charge in [0.25, 0.3) is 5.91 Å². The number of amides is 1. The smallest absolute Gasteiger partial charge is 0.340 e. The number of carbonyl (C=O) groups excluding carboxylic acids is 1. The molecule has 6 nitrogen and oxygen atoms in total. The van der Waals surface area contributed by atoms with E-state index in [-0.39, 0.29) is 12.5 Å². The minimum absolute atomic E-state index is 0.170. The van der Waals surface area contributed by atoms with Gasteiger partial charge in [-0.15, -0.1) is 0 Å². The first kappa shape index (κ1) is 12.6. The average molecular weight is 311 g/mol. The highest BCUT2D eigenvalue weighted by Crippen LogP contribution is 2.19. The van der Waals surface area contributed by atoms with Crippen LogP contribution >= 0.6 is 15.9 Å². The van der Waals surface area contributed by atoms with Crippen molar-refractivity contribution >= 4 is 21.8 Å². The Bertz CT molecular complexity index is 632. The Balaban J connectivity index is 2.08. The molecule has 18 heavy (non-hydrogen) atoms. The molecule has 0 aliphatic rings. The van der Waals surface area contributed by atoms with E-state index in [0.717, 1.165) is 10.0 Å². The summed E-state index contributed by atoms with van der Waals surface area (Å²) in [5.41, 5.74) is 1.06. The fourth-order valence-electron chi connectivity index (χ4n) is 1.50. The molecule has 0 bridgehead atoms. The van der Waals surface area contributed by atoms with Crippen molar-refractivity contribution < 1.29 is 4.79 Å². The molecule has 1 aromatic heterocycles. The summed E-state index contributed by atoms with van der Waals surface area (Å²) in [6.45, 7) is 2.03. The second-order valence-corrected chi connectivity index (χ2v) is 4.57. The van der Waals surface area contributed by atoms with E-state index >= 15 is 0 Å². The molecule has 0 spiro atoms. The van der Waals surface area contributed by atoms with Crippen molar-refractivity contribution in [1.29, 1.82) is 0 Å². The number of H-pyrrole nitrogens is 2. The summed E-state index contributed by atoms with van der Waals surface area (Å²) in [5.74, 6) is 0.179. The lowest BCUT2D eigenvalue weighted by molar-refractivity contribution is 0.0949. The minimum atomic E-state index is -0.391. The van der Waals surface area contributed by atoms with Crippen LogP contribution in [-0.2, 0) is 6.54 Å². The largest absolute Gasteiger partial charge is 0.345 e. The number of nitrogens with zero attached hydrogens (tertiary/aromatic N) is 1. The monoisotopic (exact) mass is 310 g/mol. The molecule has 0 radical (unpaired) electrons. The number of aromatic amines is 2. The molecular formula is C11H11BrN4O2. The third-order valence-electron chi connectivity index (χ3n) is 2.48. The van der Waals surface area contributed by atoms with E-state index in [1.807, 2.05) is 13.0 Å². The Morgan fingerprint density at radius 2 is 2.28 bits per heavy atom. The molecule has 7 heteroatoms. The zero-order valence-corrected chi connectivity index (χ0v) is 11.2. The van der Waals surface area contributed by atoms with Gasteiger partial charge < -0.3 is 5.32 Å². The van der Waals surface area contributed by atoms with Gasteiger partial charge in [-0.2, -0.15) is 5.10 Å². The molecule has 2 rings (SSSR count). The molecule has 3 N–H and O–H groups in total. The van der Waals surface area contributed by atoms with E-state index in [4.69, 9.17) is 0 Å². The van der Waals surface area contributed by atoms with Crippen LogP contribution < -0.4 is 11.0 Å². The van der Waals surface area contributed by atoms with E-state index < -0.39 is 5.69 Å². The van der Waals surface area contributed by atoms with Crippen molar-refractivity contribution in [3.8, 4) is 0 Å². The highest BCUT2D eigenvalue weighted by atomic mass is 79.9. The van der Waals surface area contributed by atoms with Crippen molar-refractivity contribution in [2.45, 2.75) is 13.5 Å². The van der Waals surface area contributed by atoms with Crippen LogP contribution in [0.3, 0.4) is 0 Å². The summed E-state index contributed by atoms with van der Waals surface area (Å²) in [7, 11) is 0. The van der Waals surface area contributed by atoms with Gasteiger partial charge in [0.05, 0.1) is 6.54 Å². The predicted octanol–water partition coefficient (Wildman–Crippen LogP) is 1.10. The molecule has 0 saturated carbocycles. The molecule has 0 atom stereocenters. The molecule has 2 aromatic rings. The zero-order chi connectivity index (χ0) is 13.1. The Hall–Kier alpha value is -1.89. The lowest BCUT2D eigenvalue weighted by Crippen LogP contribution is -2.24. The second-order valence-electron chi connectivity index (χ2n) is 3.72. The first-order valence-corrected chi connectivity index (χ1v) is 6.04. The Labute approximate surface area is 111 Å². The van der Waals surface area contributed by atoms with E-state index in [0.29, 0.717) is 11.4 Å². The van der Waals surface area contributed by atoms with E-state index in [9.17, 15) is 9.59 Å². The molecule has 0 unspecified atom stereocenters. The van der Waals surface area contributed by atoms with Crippen LogP contribution in [-0.4, -0.2) is 21.1 Å². The van der Waals surface area contributed by atoms with Gasteiger partial charge >= 0.3 is 5.69 Å². The Kier molecular flexibility index (Phi) is 3.61. The summed E-state index contributed by atoms with van der Waals surface area (Å²) >= 11 is 3.37. The van der Waals surface area contributed by atoms with Crippen LogP contribution in [0.4, 0.5) is 0 Å². The minimum Gasteiger partial charge on any atom is -0.345 e. The SMILES string of the molecule is Cc1c(Br)cccc1C(=O)NCc1n[nH]c(=O)[nH]1. The number of hydrogen-bond acceptors (Lipinski definition) is 3. The molecule has 0 aliphatic carbocycles. The van der Waals surface area contributed by atoms with Crippen molar-refractivity contribution in [3.63, 3.8) is 0 Å². The van der Waals surface area contributed by atoms with Crippen molar-refractivity contribution in [3.05, 3.63) is 50.1 Å². The molecule has 1 heterocycles. The number of carbonyl (C=O) groups is 1. The molecule has 0 saturated heterocycles. The van der Waals surface area contributed by atoms with Crippen molar-refractivity contribution in [2.24, 2.45) is 0 Å². The van der Waals surface area contributed by atoms with E-state index in [2.05, 4.69) is 36.4 Å². The maximum atomic E-state index is 11.9. The van der Waals surface area contributed by atoms with Crippen LogP contribution in [0.1, 0.15) is 21.7 Å². The fraction of sp³-hybridized carbons (Fsp3) is 0.182. The number of nitrogens with one attached hydrogen (secondary N) is 3. The molecule has 1 amide bonds. The molecule has 1 aromatic carbocycles. The van der Waals surface area contributed by atoms with Crippen LogP contribution in [0.15, 0.2) is 27.5 Å². The van der Waals surface area contributed by atoms with Crippen LogP contribution in [0, 0.1) is 6.92 Å². The maximum absolute atomic E-state index is 11.9. The van der Waals surface area contributed by atoms with E-state index in [1.54, 1.807) is 12.1 Å². The lowest BCUT2D eigenvalue weighted by atomic mass is 10.1. The first-order chi connectivity index (χ1) is 8.58. The van der Waals surface area contributed by atoms with Gasteiger partial charge in [0.15, 0.2) is 0 Å². The number of benzene rings is 1. The van der Waals surface area contributed by atoms with Gasteiger partial charge in [0, 0.05) is 10.0 Å². The van der Waals surface area contributed by atoms with Crippen LogP contribution in [0.5, 0.6) is 0 Å². The summed E-state index contributed by atoms with van der Waals surface area (Å²) in [6, 6.07) is 5.41. The second kappa shape index (κ2) is 5.18. The quantitative estimate of drug-likeness (QED) is 0.793. The summed E-state index contributed by atoms with van der Waals surface area (Å²) in [5, 5.41) is 8.62. The van der Waals surface area contributed by atoms with Crippen molar-refractivity contribution in [2.75, 3.05) is 0 Å². The van der Waals surface area contributed by atoms with Gasteiger partial charge in [-0.25, -0.2) is 9.89 Å². The highest BCUT2D eigenvalue weighted by Gasteiger charge is 2.10. The topological polar surface area (TPSA) is 90.6 Å². The lowest BCUT2D eigenvalue weighted by Gasteiger charge is -2.07. The maximum Gasteiger partial charge on any atom is 0.340 e. The van der Waals surface area contributed by atoms with Gasteiger partial charge in [0.1, 0.15) is 5.82 Å². The molecule has 0 aliphatic heterocycles. The molecular weight excluding hydrogens is 300 g/mol. The van der Waals surface area contributed by atoms with Crippen molar-refractivity contribution in [1.82, 2.24) is 20.5 Å². The number of aromatic nitrogens is 3. The third-order valence-corrected chi connectivity index (χ3v) is 3.34. The van der Waals surface area contributed by atoms with Gasteiger partial charge in [-0.1, -0.05) is 22.0 Å². The molecule has 94 valence electrons. The Morgan fingerprint density at radius 3 is 2.94 bits per heavy atom. The average Bonchev–Trinajstić information content (AvgIpc) is 2.76. The summed E-state index contributed by atoms with van der Waals surface area (Å²) in [4.78, 5) is 25.2. The normalized spacial score (nSPS) is 10.3.